The van der Waals surface area contributed by atoms with Crippen molar-refractivity contribution in [3.63, 3.8) is 0 Å². The minimum Gasteiger partial charge on any atom is -0.507 e. The highest BCUT2D eigenvalue weighted by atomic mass is 79.9. The first-order valence-electron chi connectivity index (χ1n) is 8.48. The zero-order chi connectivity index (χ0) is 17.1. The molecule has 1 fully saturated rings. The third kappa shape index (κ3) is 3.73. The number of piperidine rings is 1. The quantitative estimate of drug-likeness (QED) is 0.786. The highest BCUT2D eigenvalue weighted by molar-refractivity contribution is 9.10. The molecule has 2 N–H and O–H groups in total. The average molecular weight is 393 g/mol. The summed E-state index contributed by atoms with van der Waals surface area (Å²) < 4.78 is 6.21. The Hall–Kier alpha value is -1.59. The summed E-state index contributed by atoms with van der Waals surface area (Å²) in [6.07, 6.45) is 1.91. The minimum atomic E-state index is -0.0826. The van der Waals surface area contributed by atoms with Crippen LogP contribution >= 0.6 is 15.9 Å². The maximum atomic E-state index is 12.0. The van der Waals surface area contributed by atoms with Crippen molar-refractivity contribution >= 4 is 32.7 Å². The molecule has 5 heteroatoms. The Morgan fingerprint density at radius 1 is 1.38 bits per heavy atom. The summed E-state index contributed by atoms with van der Waals surface area (Å²) in [5, 5.41) is 12.5. The van der Waals surface area contributed by atoms with E-state index in [-0.39, 0.29) is 11.9 Å². The van der Waals surface area contributed by atoms with Crippen LogP contribution in [0.1, 0.15) is 25.3 Å². The Labute approximate surface area is 150 Å². The lowest BCUT2D eigenvalue weighted by atomic mass is 9.96. The maximum Gasteiger partial charge on any atom is 0.314 e. The number of rotatable bonds is 4. The number of quaternary nitrogens is 1. The van der Waals surface area contributed by atoms with Crippen LogP contribution in [0.2, 0.25) is 0 Å². The SMILES string of the molecule is CCOC(=O)[C@@H]1CCC[NH+](Cc2c(O)ccc3cc(Br)ccc23)C1. The summed E-state index contributed by atoms with van der Waals surface area (Å²) in [6, 6.07) is 9.80. The number of aromatic hydroxyl groups is 1. The van der Waals surface area contributed by atoms with Crippen LogP contribution in [0.15, 0.2) is 34.8 Å². The molecule has 2 aromatic carbocycles. The summed E-state index contributed by atoms with van der Waals surface area (Å²) >= 11 is 3.49. The van der Waals surface area contributed by atoms with Gasteiger partial charge in [0.05, 0.1) is 25.3 Å². The maximum absolute atomic E-state index is 12.0. The van der Waals surface area contributed by atoms with Crippen LogP contribution in [0.4, 0.5) is 0 Å². The van der Waals surface area contributed by atoms with Gasteiger partial charge in [0.15, 0.2) is 0 Å². The molecule has 4 nitrogen and oxygen atoms in total. The first-order chi connectivity index (χ1) is 11.6. The smallest absolute Gasteiger partial charge is 0.314 e. The number of ether oxygens (including phenoxy) is 1. The number of phenolic OH excluding ortho intramolecular Hbond substituents is 1. The van der Waals surface area contributed by atoms with Crippen molar-refractivity contribution in [3.05, 3.63) is 40.4 Å². The molecular weight excluding hydrogens is 370 g/mol. The number of fused-ring (bicyclic) bond motifs is 1. The number of halogens is 1. The molecule has 128 valence electrons. The standard InChI is InChI=1S/C19H22BrNO3/c1-2-24-19(23)14-4-3-9-21(11-14)12-17-16-7-6-15(20)10-13(16)5-8-18(17)22/h5-8,10,14,22H,2-4,9,11-12H2,1H3/p+1/t14-/m1/s1. The Kier molecular flexibility index (Phi) is 5.41. The van der Waals surface area contributed by atoms with E-state index in [0.29, 0.717) is 12.4 Å². The minimum absolute atomic E-state index is 0.0278. The molecule has 0 aromatic heterocycles. The monoisotopic (exact) mass is 392 g/mol. The number of hydrogen-bond donors (Lipinski definition) is 2. The molecule has 1 aliphatic heterocycles. The highest BCUT2D eigenvalue weighted by Gasteiger charge is 2.30. The Bertz CT molecular complexity index is 747. The van der Waals surface area contributed by atoms with E-state index in [1.54, 1.807) is 6.07 Å². The van der Waals surface area contributed by atoms with Crippen molar-refractivity contribution in [3.8, 4) is 5.75 Å². The number of benzene rings is 2. The van der Waals surface area contributed by atoms with E-state index >= 15 is 0 Å². The van der Waals surface area contributed by atoms with E-state index in [1.807, 2.05) is 25.1 Å². The van der Waals surface area contributed by atoms with Crippen LogP contribution in [0.25, 0.3) is 10.8 Å². The number of likely N-dealkylation sites (tertiary alicyclic amines) is 1. The molecule has 24 heavy (non-hydrogen) atoms. The second kappa shape index (κ2) is 7.53. The Morgan fingerprint density at radius 2 is 2.21 bits per heavy atom. The van der Waals surface area contributed by atoms with Crippen molar-refractivity contribution in [2.75, 3.05) is 19.7 Å². The molecule has 2 aromatic rings. The fourth-order valence-electron chi connectivity index (χ4n) is 3.56. The van der Waals surface area contributed by atoms with E-state index in [0.717, 1.165) is 53.3 Å². The van der Waals surface area contributed by atoms with Gasteiger partial charge >= 0.3 is 5.97 Å². The van der Waals surface area contributed by atoms with Crippen molar-refractivity contribution in [2.24, 2.45) is 5.92 Å². The summed E-state index contributed by atoms with van der Waals surface area (Å²) in [5.74, 6) is 0.219. The fourth-order valence-corrected chi connectivity index (χ4v) is 3.94. The van der Waals surface area contributed by atoms with E-state index in [2.05, 4.69) is 22.0 Å². The van der Waals surface area contributed by atoms with Crippen molar-refractivity contribution in [1.29, 1.82) is 0 Å². The predicted octanol–water partition coefficient (Wildman–Crippen LogP) is 2.67. The highest BCUT2D eigenvalue weighted by Crippen LogP contribution is 2.29. The number of carbonyl (C=O) groups excluding carboxylic acids is 1. The molecule has 0 spiro atoms. The van der Waals surface area contributed by atoms with Crippen LogP contribution in [0.5, 0.6) is 5.75 Å². The predicted molar refractivity (Wildman–Crippen MR) is 97.1 cm³/mol. The van der Waals surface area contributed by atoms with E-state index in [1.165, 1.54) is 4.90 Å². The molecule has 1 saturated heterocycles. The van der Waals surface area contributed by atoms with Crippen molar-refractivity contribution in [1.82, 2.24) is 0 Å². The van der Waals surface area contributed by atoms with E-state index in [9.17, 15) is 9.90 Å². The van der Waals surface area contributed by atoms with Gasteiger partial charge in [-0.1, -0.05) is 28.1 Å². The average Bonchev–Trinajstić information content (AvgIpc) is 2.58. The first-order valence-corrected chi connectivity index (χ1v) is 9.28. The summed E-state index contributed by atoms with van der Waals surface area (Å²) in [6.45, 7) is 4.79. The van der Waals surface area contributed by atoms with Gasteiger partial charge in [-0.05, 0) is 48.7 Å². The lowest BCUT2D eigenvalue weighted by Crippen LogP contribution is -3.12. The van der Waals surface area contributed by atoms with Crippen molar-refractivity contribution in [2.45, 2.75) is 26.3 Å². The zero-order valence-corrected chi connectivity index (χ0v) is 15.4. The molecule has 0 aliphatic carbocycles. The number of nitrogens with one attached hydrogen (secondary N) is 1. The normalized spacial score (nSPS) is 20.9. The molecular formula is C19H23BrNO3+. The number of hydrogen-bond acceptors (Lipinski definition) is 3. The first kappa shape index (κ1) is 17.2. The van der Waals surface area contributed by atoms with Gasteiger partial charge in [-0.2, -0.15) is 0 Å². The van der Waals surface area contributed by atoms with Crippen LogP contribution in [0, 0.1) is 5.92 Å². The number of esters is 1. The molecule has 1 unspecified atom stereocenters. The van der Waals surface area contributed by atoms with Crippen molar-refractivity contribution < 1.29 is 19.5 Å². The topological polar surface area (TPSA) is 51.0 Å². The van der Waals surface area contributed by atoms with Crippen LogP contribution in [0.3, 0.4) is 0 Å². The fraction of sp³-hybridized carbons (Fsp3) is 0.421. The molecule has 1 aliphatic rings. The van der Waals surface area contributed by atoms with Gasteiger partial charge in [0, 0.05) is 4.47 Å². The Morgan fingerprint density at radius 3 is 3.00 bits per heavy atom. The molecule has 0 bridgehead atoms. The Balaban J connectivity index is 1.81. The largest absolute Gasteiger partial charge is 0.507 e. The van der Waals surface area contributed by atoms with E-state index < -0.39 is 0 Å². The van der Waals surface area contributed by atoms with Gasteiger partial charge in [0.2, 0.25) is 0 Å². The van der Waals surface area contributed by atoms with Gasteiger partial charge in [-0.15, -0.1) is 0 Å². The van der Waals surface area contributed by atoms with Crippen LogP contribution in [-0.2, 0) is 16.1 Å². The molecule has 0 saturated carbocycles. The van der Waals surface area contributed by atoms with Gasteiger partial charge in [-0.25, -0.2) is 0 Å². The van der Waals surface area contributed by atoms with Gasteiger partial charge < -0.3 is 14.7 Å². The van der Waals surface area contributed by atoms with Gasteiger partial charge in [0.1, 0.15) is 18.2 Å². The van der Waals surface area contributed by atoms with E-state index in [4.69, 9.17) is 4.74 Å². The van der Waals surface area contributed by atoms with Gasteiger partial charge in [-0.3, -0.25) is 4.79 Å². The molecule has 1 heterocycles. The summed E-state index contributed by atoms with van der Waals surface area (Å²) in [4.78, 5) is 13.3. The lowest BCUT2D eigenvalue weighted by molar-refractivity contribution is -0.921. The molecule has 0 amide bonds. The molecule has 0 radical (unpaired) electrons. The summed E-state index contributed by atoms with van der Waals surface area (Å²) in [5.41, 5.74) is 0.958. The third-order valence-electron chi connectivity index (χ3n) is 4.73. The number of phenols is 1. The molecule has 3 rings (SSSR count). The summed E-state index contributed by atoms with van der Waals surface area (Å²) in [7, 11) is 0. The third-order valence-corrected chi connectivity index (χ3v) is 5.23. The molecule has 2 atom stereocenters. The van der Waals surface area contributed by atoms with Crippen LogP contribution < -0.4 is 4.90 Å². The zero-order valence-electron chi connectivity index (χ0n) is 13.8. The second-order valence-corrected chi connectivity index (χ2v) is 7.32. The lowest BCUT2D eigenvalue weighted by Gasteiger charge is -2.29. The second-order valence-electron chi connectivity index (χ2n) is 6.40. The number of carbonyl (C=O) groups is 1. The van der Waals surface area contributed by atoms with Gasteiger partial charge in [0.25, 0.3) is 0 Å². The van der Waals surface area contributed by atoms with Crippen LogP contribution in [-0.4, -0.2) is 30.8 Å².